The molecule has 0 aromatic carbocycles. The lowest BCUT2D eigenvalue weighted by atomic mass is 10.3. The Labute approximate surface area is 85.4 Å². The summed E-state index contributed by atoms with van der Waals surface area (Å²) >= 11 is 0. The molecule has 0 unspecified atom stereocenters. The molecule has 0 aliphatic carbocycles. The molecule has 0 saturated heterocycles. The van der Waals surface area contributed by atoms with Crippen molar-refractivity contribution in [1.29, 1.82) is 0 Å². The highest BCUT2D eigenvalue weighted by Gasteiger charge is 2.34. The molecule has 2 rings (SSSR count). The SMILES string of the molecule is CC1=NN(c2cc(N)ccn2)C(=O)[C@@H]1F. The Balaban J connectivity index is 2.37. The number of amides is 1. The summed E-state index contributed by atoms with van der Waals surface area (Å²) < 4.78 is 13.2. The molecular formula is C9H9FN4O. The normalized spacial score (nSPS) is 20.7. The maximum atomic E-state index is 13.2. The van der Waals surface area contributed by atoms with Gasteiger partial charge in [-0.3, -0.25) is 4.79 Å². The highest BCUT2D eigenvalue weighted by atomic mass is 19.1. The third-order valence-corrected chi connectivity index (χ3v) is 2.04. The molecule has 6 heteroatoms. The van der Waals surface area contributed by atoms with Crippen LogP contribution in [0.15, 0.2) is 23.4 Å². The van der Waals surface area contributed by atoms with Crippen LogP contribution in [0.1, 0.15) is 6.92 Å². The number of halogens is 1. The van der Waals surface area contributed by atoms with E-state index in [4.69, 9.17) is 5.73 Å². The zero-order valence-corrected chi connectivity index (χ0v) is 8.01. The van der Waals surface area contributed by atoms with Crippen molar-refractivity contribution in [2.45, 2.75) is 13.1 Å². The van der Waals surface area contributed by atoms with Gasteiger partial charge in [0.1, 0.15) is 0 Å². The lowest BCUT2D eigenvalue weighted by Gasteiger charge is -2.10. The van der Waals surface area contributed by atoms with Gasteiger partial charge < -0.3 is 5.73 Å². The fourth-order valence-electron chi connectivity index (χ4n) is 1.26. The zero-order chi connectivity index (χ0) is 11.0. The van der Waals surface area contributed by atoms with Gasteiger partial charge in [0.05, 0.1) is 5.71 Å². The van der Waals surface area contributed by atoms with Gasteiger partial charge in [-0.1, -0.05) is 0 Å². The second kappa shape index (κ2) is 3.30. The molecule has 0 bridgehead atoms. The Morgan fingerprint density at radius 1 is 1.60 bits per heavy atom. The lowest BCUT2D eigenvalue weighted by Crippen LogP contribution is -2.28. The van der Waals surface area contributed by atoms with Crippen LogP contribution in [0.25, 0.3) is 0 Å². The molecule has 1 amide bonds. The summed E-state index contributed by atoms with van der Waals surface area (Å²) in [5.41, 5.74) is 6.10. The monoisotopic (exact) mass is 208 g/mol. The molecule has 1 aromatic rings. The number of aromatic nitrogens is 1. The van der Waals surface area contributed by atoms with Gasteiger partial charge in [-0.15, -0.1) is 0 Å². The van der Waals surface area contributed by atoms with E-state index in [1.165, 1.54) is 19.2 Å². The minimum Gasteiger partial charge on any atom is -0.399 e. The average Bonchev–Trinajstić information content (AvgIpc) is 2.46. The van der Waals surface area contributed by atoms with Gasteiger partial charge in [-0.05, 0) is 13.0 Å². The maximum Gasteiger partial charge on any atom is 0.289 e. The van der Waals surface area contributed by atoms with Gasteiger partial charge in [0, 0.05) is 18.0 Å². The Morgan fingerprint density at radius 3 is 2.87 bits per heavy atom. The number of pyridine rings is 1. The predicted octanol–water partition coefficient (Wildman–Crippen LogP) is 0.724. The van der Waals surface area contributed by atoms with Gasteiger partial charge in [-0.2, -0.15) is 10.1 Å². The van der Waals surface area contributed by atoms with E-state index in [2.05, 4.69) is 10.1 Å². The van der Waals surface area contributed by atoms with Crippen molar-refractivity contribution in [3.05, 3.63) is 18.3 Å². The van der Waals surface area contributed by atoms with Crippen molar-refractivity contribution in [3.8, 4) is 0 Å². The van der Waals surface area contributed by atoms with E-state index >= 15 is 0 Å². The number of hydrogen-bond donors (Lipinski definition) is 1. The van der Waals surface area contributed by atoms with E-state index in [1.807, 2.05) is 0 Å². The summed E-state index contributed by atoms with van der Waals surface area (Å²) in [4.78, 5) is 15.3. The summed E-state index contributed by atoms with van der Waals surface area (Å²) in [5.74, 6) is -0.495. The van der Waals surface area contributed by atoms with Crippen LogP contribution in [0, 0.1) is 0 Å². The van der Waals surface area contributed by atoms with Crippen molar-refractivity contribution in [2.24, 2.45) is 5.10 Å². The van der Waals surface area contributed by atoms with Gasteiger partial charge in [0.15, 0.2) is 5.82 Å². The van der Waals surface area contributed by atoms with Crippen LogP contribution in [0.4, 0.5) is 15.9 Å². The van der Waals surface area contributed by atoms with Gasteiger partial charge in [0.25, 0.3) is 5.91 Å². The van der Waals surface area contributed by atoms with E-state index in [1.54, 1.807) is 6.07 Å². The van der Waals surface area contributed by atoms with Crippen LogP contribution in [-0.4, -0.2) is 22.8 Å². The van der Waals surface area contributed by atoms with Crippen molar-refractivity contribution in [2.75, 3.05) is 10.7 Å². The number of nitrogens with two attached hydrogens (primary N) is 1. The minimum atomic E-state index is -1.67. The van der Waals surface area contributed by atoms with E-state index < -0.39 is 12.1 Å². The number of rotatable bonds is 1. The molecule has 0 fully saturated rings. The number of alkyl halides is 1. The smallest absolute Gasteiger partial charge is 0.289 e. The first-order valence-corrected chi connectivity index (χ1v) is 4.34. The Bertz CT molecular complexity index is 445. The number of nitrogen functional groups attached to an aromatic ring is 1. The first-order valence-electron chi connectivity index (χ1n) is 4.34. The van der Waals surface area contributed by atoms with Crippen molar-refractivity contribution >= 4 is 23.1 Å². The van der Waals surface area contributed by atoms with Crippen LogP contribution >= 0.6 is 0 Å². The Hall–Kier alpha value is -1.98. The van der Waals surface area contributed by atoms with Crippen LogP contribution in [0.2, 0.25) is 0 Å². The molecule has 5 nitrogen and oxygen atoms in total. The van der Waals surface area contributed by atoms with Crippen molar-refractivity contribution in [1.82, 2.24) is 4.98 Å². The first kappa shape index (κ1) is 9.57. The molecule has 2 heterocycles. The van der Waals surface area contributed by atoms with Crippen LogP contribution in [-0.2, 0) is 4.79 Å². The quantitative estimate of drug-likeness (QED) is 0.739. The van der Waals surface area contributed by atoms with Crippen molar-refractivity contribution in [3.63, 3.8) is 0 Å². The fraction of sp³-hybridized carbons (Fsp3) is 0.222. The van der Waals surface area contributed by atoms with Crippen LogP contribution in [0.3, 0.4) is 0 Å². The van der Waals surface area contributed by atoms with Crippen molar-refractivity contribution < 1.29 is 9.18 Å². The Kier molecular flexibility index (Phi) is 2.11. The number of anilines is 2. The van der Waals surface area contributed by atoms with Crippen LogP contribution < -0.4 is 10.7 Å². The summed E-state index contributed by atoms with van der Waals surface area (Å²) in [6.07, 6.45) is -0.234. The molecule has 1 atom stereocenters. The predicted molar refractivity (Wildman–Crippen MR) is 54.1 cm³/mol. The fourth-order valence-corrected chi connectivity index (χ4v) is 1.26. The Morgan fingerprint density at radius 2 is 2.33 bits per heavy atom. The summed E-state index contributed by atoms with van der Waals surface area (Å²) in [7, 11) is 0. The number of hydrazone groups is 1. The summed E-state index contributed by atoms with van der Waals surface area (Å²) in [5, 5.41) is 4.70. The second-order valence-electron chi connectivity index (χ2n) is 3.20. The first-order chi connectivity index (χ1) is 7.09. The van der Waals surface area contributed by atoms with Gasteiger partial charge >= 0.3 is 0 Å². The van der Waals surface area contributed by atoms with E-state index in [9.17, 15) is 9.18 Å². The second-order valence-corrected chi connectivity index (χ2v) is 3.20. The molecule has 15 heavy (non-hydrogen) atoms. The molecule has 1 aliphatic heterocycles. The number of carbonyl (C=O) groups is 1. The molecule has 1 aliphatic rings. The molecule has 0 saturated carbocycles. The molecule has 78 valence electrons. The van der Waals surface area contributed by atoms with Gasteiger partial charge in [0.2, 0.25) is 6.17 Å². The number of carbonyl (C=O) groups excluding carboxylic acids is 1. The largest absolute Gasteiger partial charge is 0.399 e. The lowest BCUT2D eigenvalue weighted by molar-refractivity contribution is -0.120. The van der Waals surface area contributed by atoms with E-state index in [0.717, 1.165) is 5.01 Å². The molecule has 0 spiro atoms. The third-order valence-electron chi connectivity index (χ3n) is 2.04. The highest BCUT2D eigenvalue weighted by Crippen LogP contribution is 2.21. The summed E-state index contributed by atoms with van der Waals surface area (Å²) in [6.45, 7) is 1.45. The molecular weight excluding hydrogens is 199 g/mol. The average molecular weight is 208 g/mol. The third kappa shape index (κ3) is 1.54. The standard InChI is InChI=1S/C9H9FN4O/c1-5-8(10)9(15)14(13-5)7-4-6(11)2-3-12-7/h2-4,8H,1H3,(H2,11,12)/t8-/m1/s1. The number of hydrogen-bond acceptors (Lipinski definition) is 4. The van der Waals surface area contributed by atoms with E-state index in [0.29, 0.717) is 5.69 Å². The maximum absolute atomic E-state index is 13.2. The minimum absolute atomic E-state index is 0.129. The van der Waals surface area contributed by atoms with Crippen LogP contribution in [0.5, 0.6) is 0 Å². The van der Waals surface area contributed by atoms with E-state index in [-0.39, 0.29) is 11.5 Å². The molecule has 0 radical (unpaired) electrons. The zero-order valence-electron chi connectivity index (χ0n) is 8.01. The number of nitrogens with zero attached hydrogens (tertiary/aromatic N) is 3. The van der Waals surface area contributed by atoms with Gasteiger partial charge in [-0.25, -0.2) is 9.37 Å². The summed E-state index contributed by atoms with van der Waals surface area (Å²) in [6, 6.07) is 3.04. The molecule has 1 aromatic heterocycles. The molecule has 2 N–H and O–H groups in total. The highest BCUT2D eigenvalue weighted by molar-refractivity contribution is 6.16. The topological polar surface area (TPSA) is 71.6 Å².